The number of nitrogens with two attached hydrogens (primary N) is 1. The van der Waals surface area contributed by atoms with E-state index in [0.717, 1.165) is 6.07 Å². The summed E-state index contributed by atoms with van der Waals surface area (Å²) in [7, 11) is 0. The zero-order chi connectivity index (χ0) is 17.0. The van der Waals surface area contributed by atoms with Crippen molar-refractivity contribution in [3.63, 3.8) is 0 Å². The van der Waals surface area contributed by atoms with E-state index in [9.17, 15) is 24.8 Å². The standard InChI is InChI=1S/C14H17N3O6/c15-10-2-1-9(7-11(10)17(21)22)12(18)16-8-14(13(19)20)3-5-23-6-4-14/h1-2,7H,3-6,8,15H2,(H,16,18)(H,19,20). The first-order valence-electron chi connectivity index (χ1n) is 6.99. The van der Waals surface area contributed by atoms with E-state index in [1.165, 1.54) is 12.1 Å². The summed E-state index contributed by atoms with van der Waals surface area (Å²) in [6.45, 7) is 0.563. The second-order valence-corrected chi connectivity index (χ2v) is 5.41. The quantitative estimate of drug-likeness (QED) is 0.412. The van der Waals surface area contributed by atoms with Crippen molar-refractivity contribution in [1.29, 1.82) is 0 Å². The predicted octanol–water partition coefficient (Wildman–Crippen LogP) is 0.788. The van der Waals surface area contributed by atoms with Crippen LogP contribution in [-0.4, -0.2) is 41.7 Å². The Kier molecular flexibility index (Phi) is 4.80. The molecule has 1 saturated heterocycles. The van der Waals surface area contributed by atoms with Crippen molar-refractivity contribution in [1.82, 2.24) is 5.32 Å². The van der Waals surface area contributed by atoms with Crippen molar-refractivity contribution in [3.8, 4) is 0 Å². The normalized spacial score (nSPS) is 16.5. The zero-order valence-corrected chi connectivity index (χ0v) is 12.3. The molecule has 1 aliphatic heterocycles. The van der Waals surface area contributed by atoms with E-state index in [-0.39, 0.29) is 23.5 Å². The zero-order valence-electron chi connectivity index (χ0n) is 12.3. The van der Waals surface area contributed by atoms with Gasteiger partial charge in [0.2, 0.25) is 0 Å². The third-order valence-electron chi connectivity index (χ3n) is 3.98. The van der Waals surface area contributed by atoms with Crippen LogP contribution in [-0.2, 0) is 9.53 Å². The molecule has 4 N–H and O–H groups in total. The van der Waals surface area contributed by atoms with Gasteiger partial charge in [0, 0.05) is 31.4 Å². The van der Waals surface area contributed by atoms with Gasteiger partial charge >= 0.3 is 5.97 Å². The number of nitro groups is 1. The first-order chi connectivity index (χ1) is 10.9. The summed E-state index contributed by atoms with van der Waals surface area (Å²) in [5.74, 6) is -1.58. The van der Waals surface area contributed by atoms with E-state index in [0.29, 0.717) is 26.1 Å². The minimum Gasteiger partial charge on any atom is -0.481 e. The Hall–Kier alpha value is -2.68. The van der Waals surface area contributed by atoms with Crippen LogP contribution in [0.2, 0.25) is 0 Å². The van der Waals surface area contributed by atoms with Gasteiger partial charge in [0.25, 0.3) is 11.6 Å². The molecule has 9 nitrogen and oxygen atoms in total. The summed E-state index contributed by atoms with van der Waals surface area (Å²) in [5, 5.41) is 22.8. The molecule has 0 bridgehead atoms. The number of anilines is 1. The van der Waals surface area contributed by atoms with Gasteiger partial charge in [-0.05, 0) is 25.0 Å². The smallest absolute Gasteiger partial charge is 0.311 e. The fourth-order valence-corrected chi connectivity index (χ4v) is 2.42. The molecule has 1 aromatic rings. The second kappa shape index (κ2) is 6.61. The van der Waals surface area contributed by atoms with Crippen molar-refractivity contribution < 1.29 is 24.4 Å². The van der Waals surface area contributed by atoms with E-state index in [1.54, 1.807) is 0 Å². The number of aliphatic carboxylic acids is 1. The van der Waals surface area contributed by atoms with E-state index >= 15 is 0 Å². The largest absolute Gasteiger partial charge is 0.481 e. The van der Waals surface area contributed by atoms with Crippen LogP contribution in [0.15, 0.2) is 18.2 Å². The van der Waals surface area contributed by atoms with Gasteiger partial charge in [-0.1, -0.05) is 0 Å². The van der Waals surface area contributed by atoms with Crippen LogP contribution in [0.3, 0.4) is 0 Å². The molecule has 0 atom stereocenters. The Balaban J connectivity index is 2.11. The molecule has 1 aliphatic rings. The third-order valence-corrected chi connectivity index (χ3v) is 3.98. The molecule has 124 valence electrons. The number of nitro benzene ring substituents is 1. The fourth-order valence-electron chi connectivity index (χ4n) is 2.42. The number of nitrogens with zero attached hydrogens (tertiary/aromatic N) is 1. The molecular weight excluding hydrogens is 306 g/mol. The number of carboxylic acids is 1. The van der Waals surface area contributed by atoms with Gasteiger partial charge in [-0.25, -0.2) is 0 Å². The molecule has 2 rings (SSSR count). The molecule has 1 heterocycles. The molecule has 0 saturated carbocycles. The van der Waals surface area contributed by atoms with Gasteiger partial charge in [0.05, 0.1) is 10.3 Å². The molecule has 1 amide bonds. The lowest BCUT2D eigenvalue weighted by Crippen LogP contribution is -2.46. The second-order valence-electron chi connectivity index (χ2n) is 5.41. The van der Waals surface area contributed by atoms with Crippen molar-refractivity contribution in [2.75, 3.05) is 25.5 Å². The van der Waals surface area contributed by atoms with Crippen LogP contribution in [0.25, 0.3) is 0 Å². The summed E-state index contributed by atoms with van der Waals surface area (Å²) in [4.78, 5) is 33.8. The minimum absolute atomic E-state index is 0.0435. The number of nitrogen functional groups attached to an aromatic ring is 1. The molecule has 0 aliphatic carbocycles. The molecule has 0 spiro atoms. The number of hydrogen-bond acceptors (Lipinski definition) is 6. The topological polar surface area (TPSA) is 145 Å². The maximum absolute atomic E-state index is 12.1. The van der Waals surface area contributed by atoms with Gasteiger partial charge in [-0.15, -0.1) is 0 Å². The number of carboxylic acid groups (broad SMARTS) is 1. The van der Waals surface area contributed by atoms with E-state index < -0.39 is 22.2 Å². The average molecular weight is 323 g/mol. The lowest BCUT2D eigenvalue weighted by Gasteiger charge is -2.33. The van der Waals surface area contributed by atoms with Crippen molar-refractivity contribution >= 4 is 23.3 Å². The van der Waals surface area contributed by atoms with Crippen LogP contribution in [0.1, 0.15) is 23.2 Å². The highest BCUT2D eigenvalue weighted by atomic mass is 16.6. The van der Waals surface area contributed by atoms with E-state index in [1.807, 2.05) is 0 Å². The van der Waals surface area contributed by atoms with E-state index in [4.69, 9.17) is 10.5 Å². The van der Waals surface area contributed by atoms with Crippen LogP contribution in [0.4, 0.5) is 11.4 Å². The SMILES string of the molecule is Nc1ccc(C(=O)NCC2(C(=O)O)CCOCC2)cc1[N+](=O)[O-]. The Morgan fingerprint density at radius 3 is 2.61 bits per heavy atom. The maximum Gasteiger partial charge on any atom is 0.311 e. The summed E-state index contributed by atoms with van der Waals surface area (Å²) >= 11 is 0. The number of rotatable bonds is 5. The van der Waals surface area contributed by atoms with Gasteiger partial charge in [-0.3, -0.25) is 19.7 Å². The van der Waals surface area contributed by atoms with Gasteiger partial charge < -0.3 is 20.9 Å². The van der Waals surface area contributed by atoms with Crippen LogP contribution < -0.4 is 11.1 Å². The molecule has 23 heavy (non-hydrogen) atoms. The Bertz CT molecular complexity index is 639. The van der Waals surface area contributed by atoms with Crippen molar-refractivity contribution in [2.24, 2.45) is 5.41 Å². The summed E-state index contributed by atoms with van der Waals surface area (Å²) < 4.78 is 5.16. The highest BCUT2D eigenvalue weighted by Gasteiger charge is 2.40. The maximum atomic E-state index is 12.1. The summed E-state index contributed by atoms with van der Waals surface area (Å²) in [6.07, 6.45) is 0.592. The molecule has 0 aromatic heterocycles. The third kappa shape index (κ3) is 3.57. The van der Waals surface area contributed by atoms with Crippen LogP contribution in [0.5, 0.6) is 0 Å². The van der Waals surface area contributed by atoms with Crippen molar-refractivity contribution in [3.05, 3.63) is 33.9 Å². The number of carbonyl (C=O) groups is 2. The molecular formula is C14H17N3O6. The summed E-state index contributed by atoms with van der Waals surface area (Å²) in [5.41, 5.74) is 4.05. The highest BCUT2D eigenvalue weighted by Crippen LogP contribution is 2.30. The van der Waals surface area contributed by atoms with Crippen LogP contribution in [0, 0.1) is 15.5 Å². The fraction of sp³-hybridized carbons (Fsp3) is 0.429. The average Bonchev–Trinajstić information content (AvgIpc) is 2.53. The van der Waals surface area contributed by atoms with Crippen LogP contribution >= 0.6 is 0 Å². The highest BCUT2D eigenvalue weighted by molar-refractivity contribution is 5.96. The number of amides is 1. The van der Waals surface area contributed by atoms with Gasteiger partial charge in [-0.2, -0.15) is 0 Å². The number of ether oxygens (including phenoxy) is 1. The molecule has 1 aromatic carbocycles. The first kappa shape index (κ1) is 16.7. The van der Waals surface area contributed by atoms with Crippen molar-refractivity contribution in [2.45, 2.75) is 12.8 Å². The number of nitrogens with one attached hydrogen (secondary N) is 1. The predicted molar refractivity (Wildman–Crippen MR) is 80.0 cm³/mol. The lowest BCUT2D eigenvalue weighted by molar-refractivity contribution is -0.383. The molecule has 1 fully saturated rings. The monoisotopic (exact) mass is 323 g/mol. The Morgan fingerprint density at radius 1 is 1.39 bits per heavy atom. The molecule has 0 radical (unpaired) electrons. The van der Waals surface area contributed by atoms with E-state index in [2.05, 4.69) is 5.32 Å². The number of benzene rings is 1. The first-order valence-corrected chi connectivity index (χ1v) is 6.99. The summed E-state index contributed by atoms with van der Waals surface area (Å²) in [6, 6.07) is 3.70. The minimum atomic E-state index is -1.08. The molecule has 9 heteroatoms. The Labute approximate surface area is 131 Å². The number of carbonyl (C=O) groups excluding carboxylic acids is 1. The van der Waals surface area contributed by atoms with Gasteiger partial charge in [0.1, 0.15) is 5.69 Å². The van der Waals surface area contributed by atoms with Gasteiger partial charge in [0.15, 0.2) is 0 Å². The number of hydrogen-bond donors (Lipinski definition) is 3. The lowest BCUT2D eigenvalue weighted by atomic mass is 9.80. The Morgan fingerprint density at radius 2 is 2.04 bits per heavy atom. The molecule has 0 unspecified atom stereocenters.